The van der Waals surface area contributed by atoms with Crippen LogP contribution in [0.2, 0.25) is 0 Å². The van der Waals surface area contributed by atoms with Crippen molar-refractivity contribution in [3.8, 4) is 0 Å². The van der Waals surface area contributed by atoms with Crippen LogP contribution in [-0.4, -0.2) is 34.0 Å². The highest BCUT2D eigenvalue weighted by Gasteiger charge is 2.24. The highest BCUT2D eigenvalue weighted by atomic mass is 16.5. The van der Waals surface area contributed by atoms with Crippen LogP contribution in [0.15, 0.2) is 22.7 Å². The topological polar surface area (TPSA) is 59.2 Å². The summed E-state index contributed by atoms with van der Waals surface area (Å²) >= 11 is 0. The molecule has 1 aliphatic heterocycles. The summed E-state index contributed by atoms with van der Waals surface area (Å²) in [6.45, 7) is 7.58. The van der Waals surface area contributed by atoms with Gasteiger partial charge in [0, 0.05) is 36.5 Å². The van der Waals surface area contributed by atoms with E-state index in [1.54, 1.807) is 0 Å². The molecule has 0 saturated carbocycles. The molecule has 3 rings (SSSR count). The Hall–Kier alpha value is -2.17. The molecule has 2 aromatic rings. The minimum Gasteiger partial charge on any atom is -0.361 e. The number of rotatable bonds is 5. The molecule has 5 nitrogen and oxygen atoms in total. The van der Waals surface area contributed by atoms with E-state index in [9.17, 15) is 4.79 Å². The lowest BCUT2D eigenvalue weighted by Gasteiger charge is -2.33. The van der Waals surface area contributed by atoms with Crippen LogP contribution in [0.3, 0.4) is 0 Å². The summed E-state index contributed by atoms with van der Waals surface area (Å²) in [4.78, 5) is 19.3. The molecule has 1 amide bonds. The summed E-state index contributed by atoms with van der Waals surface area (Å²) in [6.07, 6.45) is 4.44. The number of hydrogen-bond donors (Lipinski definition) is 0. The quantitative estimate of drug-likeness (QED) is 0.836. The standard InChI is InChI=1S/C20H27N3O2/c1-14-6-4-8-18(21-14)12-17-7-5-11-23(13-17)20(24)10-9-19-15(2)22-25-16(19)3/h4,6,8,17H,5,7,9-13H2,1-3H3/t17-/m0/s1. The molecule has 2 aromatic heterocycles. The van der Waals surface area contributed by atoms with Crippen LogP contribution in [0.25, 0.3) is 0 Å². The lowest BCUT2D eigenvalue weighted by Crippen LogP contribution is -2.40. The fourth-order valence-electron chi connectivity index (χ4n) is 3.72. The number of amides is 1. The number of likely N-dealkylation sites (tertiary alicyclic amines) is 1. The third-order valence-corrected chi connectivity index (χ3v) is 5.09. The second kappa shape index (κ2) is 7.81. The van der Waals surface area contributed by atoms with Crippen LogP contribution in [0.5, 0.6) is 0 Å². The second-order valence-corrected chi connectivity index (χ2v) is 7.13. The lowest BCUT2D eigenvalue weighted by atomic mass is 9.92. The first kappa shape index (κ1) is 17.6. The molecule has 0 spiro atoms. The van der Waals surface area contributed by atoms with Crippen LogP contribution < -0.4 is 0 Å². The fourth-order valence-corrected chi connectivity index (χ4v) is 3.72. The van der Waals surface area contributed by atoms with Crippen LogP contribution in [0, 0.1) is 26.7 Å². The van der Waals surface area contributed by atoms with Crippen LogP contribution in [0.1, 0.15) is 47.7 Å². The third-order valence-electron chi connectivity index (χ3n) is 5.09. The molecule has 1 saturated heterocycles. The van der Waals surface area contributed by atoms with E-state index < -0.39 is 0 Å². The van der Waals surface area contributed by atoms with E-state index in [0.717, 1.165) is 54.3 Å². The van der Waals surface area contributed by atoms with Crippen LogP contribution in [0.4, 0.5) is 0 Å². The summed E-state index contributed by atoms with van der Waals surface area (Å²) < 4.78 is 5.18. The summed E-state index contributed by atoms with van der Waals surface area (Å²) in [5.41, 5.74) is 4.16. The Morgan fingerprint density at radius 1 is 1.32 bits per heavy atom. The SMILES string of the molecule is Cc1cccc(C[C@@H]2CCCN(C(=O)CCc3c(C)noc3C)C2)n1. The van der Waals surface area contributed by atoms with Crippen LogP contribution in [-0.2, 0) is 17.6 Å². The van der Waals surface area contributed by atoms with Crippen LogP contribution >= 0.6 is 0 Å². The summed E-state index contributed by atoms with van der Waals surface area (Å²) in [7, 11) is 0. The van der Waals surface area contributed by atoms with Gasteiger partial charge in [-0.3, -0.25) is 9.78 Å². The first-order valence-electron chi connectivity index (χ1n) is 9.15. The average molecular weight is 341 g/mol. The van der Waals surface area contributed by atoms with Crippen molar-refractivity contribution < 1.29 is 9.32 Å². The van der Waals surface area contributed by atoms with Gasteiger partial charge in [0.25, 0.3) is 0 Å². The minimum atomic E-state index is 0.238. The predicted octanol–water partition coefficient (Wildman–Crippen LogP) is 3.41. The molecule has 1 atom stereocenters. The molecule has 5 heteroatoms. The molecule has 1 fully saturated rings. The maximum Gasteiger partial charge on any atom is 0.222 e. The first-order valence-corrected chi connectivity index (χ1v) is 9.15. The maximum atomic E-state index is 12.6. The minimum absolute atomic E-state index is 0.238. The van der Waals surface area contributed by atoms with Gasteiger partial charge in [0.05, 0.1) is 5.69 Å². The average Bonchev–Trinajstić information content (AvgIpc) is 2.91. The van der Waals surface area contributed by atoms with E-state index >= 15 is 0 Å². The number of carbonyl (C=O) groups excluding carboxylic acids is 1. The van der Waals surface area contributed by atoms with E-state index in [4.69, 9.17) is 4.52 Å². The zero-order valence-corrected chi connectivity index (χ0v) is 15.4. The Morgan fingerprint density at radius 2 is 2.16 bits per heavy atom. The molecule has 0 aliphatic carbocycles. The molecule has 3 heterocycles. The molecular formula is C20H27N3O2. The van der Waals surface area contributed by atoms with Gasteiger partial charge in [-0.2, -0.15) is 0 Å². The van der Waals surface area contributed by atoms with Gasteiger partial charge in [-0.1, -0.05) is 11.2 Å². The number of aromatic nitrogens is 2. The number of pyridine rings is 1. The molecule has 25 heavy (non-hydrogen) atoms. The van der Waals surface area contributed by atoms with Crippen molar-refractivity contribution in [2.24, 2.45) is 5.92 Å². The van der Waals surface area contributed by atoms with Crippen molar-refractivity contribution in [2.45, 2.75) is 52.9 Å². The van der Waals surface area contributed by atoms with Crippen molar-refractivity contribution in [3.05, 3.63) is 46.6 Å². The van der Waals surface area contributed by atoms with E-state index in [2.05, 4.69) is 22.3 Å². The Morgan fingerprint density at radius 3 is 2.88 bits per heavy atom. The van der Waals surface area contributed by atoms with Gasteiger partial charge in [0.1, 0.15) is 5.76 Å². The van der Waals surface area contributed by atoms with Gasteiger partial charge < -0.3 is 9.42 Å². The van der Waals surface area contributed by atoms with Gasteiger partial charge in [-0.15, -0.1) is 0 Å². The third kappa shape index (κ3) is 4.47. The van der Waals surface area contributed by atoms with Gasteiger partial charge >= 0.3 is 0 Å². The number of carbonyl (C=O) groups is 1. The van der Waals surface area contributed by atoms with Gasteiger partial charge in [0.2, 0.25) is 5.91 Å². The molecule has 134 valence electrons. The number of aryl methyl sites for hydroxylation is 3. The fraction of sp³-hybridized carbons (Fsp3) is 0.550. The van der Waals surface area contributed by atoms with Crippen molar-refractivity contribution in [3.63, 3.8) is 0 Å². The zero-order chi connectivity index (χ0) is 17.8. The Bertz CT molecular complexity index is 719. The first-order chi connectivity index (χ1) is 12.0. The summed E-state index contributed by atoms with van der Waals surface area (Å²) in [6, 6.07) is 6.17. The zero-order valence-electron chi connectivity index (χ0n) is 15.4. The van der Waals surface area contributed by atoms with Gasteiger partial charge in [-0.25, -0.2) is 0 Å². The maximum absolute atomic E-state index is 12.6. The van der Waals surface area contributed by atoms with E-state index in [1.165, 1.54) is 6.42 Å². The monoisotopic (exact) mass is 341 g/mol. The number of nitrogens with zero attached hydrogens (tertiary/aromatic N) is 3. The highest BCUT2D eigenvalue weighted by Crippen LogP contribution is 2.22. The molecular weight excluding hydrogens is 314 g/mol. The molecule has 1 aliphatic rings. The summed E-state index contributed by atoms with van der Waals surface area (Å²) in [5, 5.41) is 3.97. The predicted molar refractivity (Wildman–Crippen MR) is 96.3 cm³/mol. The summed E-state index contributed by atoms with van der Waals surface area (Å²) in [5.74, 6) is 1.57. The van der Waals surface area contributed by atoms with E-state index in [0.29, 0.717) is 18.8 Å². The smallest absolute Gasteiger partial charge is 0.222 e. The number of piperidine rings is 1. The molecule has 0 bridgehead atoms. The van der Waals surface area contributed by atoms with Crippen molar-refractivity contribution in [1.29, 1.82) is 0 Å². The Kier molecular flexibility index (Phi) is 5.51. The molecule has 0 N–H and O–H groups in total. The Labute approximate surface area is 149 Å². The molecule has 0 radical (unpaired) electrons. The second-order valence-electron chi connectivity index (χ2n) is 7.13. The van der Waals surface area contributed by atoms with Crippen molar-refractivity contribution in [1.82, 2.24) is 15.0 Å². The highest BCUT2D eigenvalue weighted by molar-refractivity contribution is 5.76. The Balaban J connectivity index is 1.54. The number of hydrogen-bond acceptors (Lipinski definition) is 4. The van der Waals surface area contributed by atoms with E-state index in [1.807, 2.05) is 31.7 Å². The lowest BCUT2D eigenvalue weighted by molar-refractivity contribution is -0.133. The van der Waals surface area contributed by atoms with Gasteiger partial charge in [0.15, 0.2) is 0 Å². The van der Waals surface area contributed by atoms with Gasteiger partial charge in [-0.05, 0) is 64.5 Å². The molecule has 0 aromatic carbocycles. The van der Waals surface area contributed by atoms with E-state index in [-0.39, 0.29) is 5.91 Å². The van der Waals surface area contributed by atoms with Crippen molar-refractivity contribution >= 4 is 5.91 Å². The largest absolute Gasteiger partial charge is 0.361 e. The molecule has 0 unspecified atom stereocenters. The normalized spacial score (nSPS) is 17.7. The van der Waals surface area contributed by atoms with Crippen molar-refractivity contribution in [2.75, 3.05) is 13.1 Å².